The molecule has 0 radical (unpaired) electrons. The molecule has 0 saturated carbocycles. The maximum atomic E-state index is 9.36. The maximum Gasteiger partial charge on any atom is 0.140 e. The highest BCUT2D eigenvalue weighted by Crippen LogP contribution is 2.21. The van der Waals surface area contributed by atoms with Crippen LogP contribution in [0.25, 0.3) is 0 Å². The molecule has 1 atom stereocenters. The van der Waals surface area contributed by atoms with Gasteiger partial charge in [0, 0.05) is 5.56 Å². The molecule has 2 aromatic carbocycles. The van der Waals surface area contributed by atoms with E-state index < -0.39 is 5.41 Å². The van der Waals surface area contributed by atoms with Crippen LogP contribution in [0.4, 0.5) is 4.70 Å². The molecule has 2 aromatic rings. The first-order valence-electron chi connectivity index (χ1n) is 5.79. The summed E-state index contributed by atoms with van der Waals surface area (Å²) in [5, 5.41) is 9.36. The summed E-state index contributed by atoms with van der Waals surface area (Å²) in [5.74, 6) is 6.13. The minimum atomic E-state index is -0.767. The van der Waals surface area contributed by atoms with Crippen LogP contribution < -0.4 is 0 Å². The third kappa shape index (κ3) is 3.44. The zero-order chi connectivity index (χ0) is 12.8. The van der Waals surface area contributed by atoms with Crippen LogP contribution in [0.5, 0.6) is 0 Å². The van der Waals surface area contributed by atoms with Crippen LogP contribution in [0.15, 0.2) is 60.7 Å². The number of halogens is 1. The Bertz CT molecular complexity index is 617. The van der Waals surface area contributed by atoms with Gasteiger partial charge in [0.1, 0.15) is 5.41 Å². The summed E-state index contributed by atoms with van der Waals surface area (Å²) in [6, 6.07) is 21.7. The topological polar surface area (TPSA) is 23.8 Å². The van der Waals surface area contributed by atoms with Crippen LogP contribution in [0.3, 0.4) is 0 Å². The van der Waals surface area contributed by atoms with Gasteiger partial charge in [-0.15, -0.1) is 0 Å². The second kappa shape index (κ2) is 6.38. The van der Waals surface area contributed by atoms with Crippen molar-refractivity contribution in [1.29, 1.82) is 5.26 Å². The zero-order valence-electron chi connectivity index (χ0n) is 10.6. The Morgan fingerprint density at radius 3 is 1.95 bits per heavy atom. The Morgan fingerprint density at radius 2 is 1.42 bits per heavy atom. The fourth-order valence-corrected chi connectivity index (χ4v) is 1.65. The summed E-state index contributed by atoms with van der Waals surface area (Å²) in [5.41, 5.74) is 1.09. The van der Waals surface area contributed by atoms with Crippen LogP contribution in [-0.2, 0) is 5.41 Å². The molecule has 0 aliphatic heterocycles. The molecule has 2 heteroatoms. The predicted octanol–water partition coefficient (Wildman–Crippen LogP) is 3.67. The molecule has 1 nitrogen and oxygen atoms in total. The minimum absolute atomic E-state index is 0. The summed E-state index contributed by atoms with van der Waals surface area (Å²) in [6.07, 6.45) is 0. The molecule has 94 valence electrons. The fraction of sp³-hybridized carbons (Fsp3) is 0.118. The standard InChI is InChI=1S/C17H13N.FH/c1-17(14-18,16-10-6-3-7-11-16)13-12-15-8-4-2-5-9-15;/h2-11H,1H3;1H. The van der Waals surface area contributed by atoms with Crippen LogP contribution in [0, 0.1) is 23.2 Å². The van der Waals surface area contributed by atoms with Crippen molar-refractivity contribution in [2.45, 2.75) is 12.3 Å². The summed E-state index contributed by atoms with van der Waals surface area (Å²) >= 11 is 0. The highest BCUT2D eigenvalue weighted by atomic mass is 19.0. The molecule has 0 spiro atoms. The lowest BCUT2D eigenvalue weighted by molar-refractivity contribution is 0.806. The van der Waals surface area contributed by atoms with E-state index in [0.29, 0.717) is 0 Å². The van der Waals surface area contributed by atoms with E-state index in [0.717, 1.165) is 11.1 Å². The summed E-state index contributed by atoms with van der Waals surface area (Å²) in [7, 11) is 0. The van der Waals surface area contributed by atoms with Gasteiger partial charge in [-0.25, -0.2) is 0 Å². The first-order valence-corrected chi connectivity index (χ1v) is 5.79. The first-order chi connectivity index (χ1) is 8.74. The third-order valence-corrected chi connectivity index (χ3v) is 2.81. The highest BCUT2D eigenvalue weighted by Gasteiger charge is 2.23. The van der Waals surface area contributed by atoms with E-state index in [1.54, 1.807) is 0 Å². The average Bonchev–Trinajstić information content (AvgIpc) is 2.47. The van der Waals surface area contributed by atoms with Gasteiger partial charge >= 0.3 is 0 Å². The van der Waals surface area contributed by atoms with E-state index in [2.05, 4.69) is 17.9 Å². The van der Waals surface area contributed by atoms with Gasteiger partial charge in [-0.3, -0.25) is 4.70 Å². The molecular weight excluding hydrogens is 237 g/mol. The average molecular weight is 251 g/mol. The second-order valence-corrected chi connectivity index (χ2v) is 4.22. The molecule has 0 amide bonds. The van der Waals surface area contributed by atoms with Crippen molar-refractivity contribution in [3.8, 4) is 17.9 Å². The Labute approximate surface area is 112 Å². The molecule has 0 fully saturated rings. The summed E-state index contributed by atoms with van der Waals surface area (Å²) in [6.45, 7) is 1.85. The number of benzene rings is 2. The SMILES string of the molecule is CC(C#N)(C#Cc1ccccc1)c1ccccc1.F. The lowest BCUT2D eigenvalue weighted by atomic mass is 9.84. The number of rotatable bonds is 1. The van der Waals surface area contributed by atoms with Gasteiger partial charge in [0.15, 0.2) is 0 Å². The molecule has 0 bridgehead atoms. The molecule has 0 saturated heterocycles. The molecule has 1 unspecified atom stereocenters. The third-order valence-electron chi connectivity index (χ3n) is 2.81. The van der Waals surface area contributed by atoms with Crippen molar-refractivity contribution < 1.29 is 4.70 Å². The lowest BCUT2D eigenvalue weighted by Gasteiger charge is -2.14. The second-order valence-electron chi connectivity index (χ2n) is 4.22. The van der Waals surface area contributed by atoms with E-state index in [1.165, 1.54) is 0 Å². The van der Waals surface area contributed by atoms with Crippen molar-refractivity contribution in [2.75, 3.05) is 0 Å². The Morgan fingerprint density at radius 1 is 0.895 bits per heavy atom. The highest BCUT2D eigenvalue weighted by molar-refractivity contribution is 5.45. The van der Waals surface area contributed by atoms with Crippen molar-refractivity contribution in [3.05, 3.63) is 71.8 Å². The van der Waals surface area contributed by atoms with E-state index in [4.69, 9.17) is 0 Å². The fourth-order valence-electron chi connectivity index (χ4n) is 1.65. The van der Waals surface area contributed by atoms with Crippen molar-refractivity contribution >= 4 is 0 Å². The molecule has 0 aliphatic rings. The number of nitrogens with zero attached hydrogens (tertiary/aromatic N) is 1. The zero-order valence-corrected chi connectivity index (χ0v) is 10.6. The van der Waals surface area contributed by atoms with Crippen molar-refractivity contribution in [2.24, 2.45) is 0 Å². The molecule has 0 heterocycles. The van der Waals surface area contributed by atoms with Gasteiger partial charge in [0.05, 0.1) is 6.07 Å². The van der Waals surface area contributed by atoms with Crippen LogP contribution in [0.2, 0.25) is 0 Å². The van der Waals surface area contributed by atoms with Crippen molar-refractivity contribution in [3.63, 3.8) is 0 Å². The quantitative estimate of drug-likeness (QED) is 0.709. The van der Waals surface area contributed by atoms with E-state index in [1.807, 2.05) is 67.6 Å². The Balaban J connectivity index is 0.00000180. The number of nitriles is 1. The van der Waals surface area contributed by atoms with Gasteiger partial charge in [-0.1, -0.05) is 60.4 Å². The number of hydrogen-bond acceptors (Lipinski definition) is 1. The monoisotopic (exact) mass is 251 g/mol. The van der Waals surface area contributed by atoms with Gasteiger partial charge in [-0.05, 0) is 24.6 Å². The van der Waals surface area contributed by atoms with Crippen molar-refractivity contribution in [1.82, 2.24) is 0 Å². The molecular formula is C17H14FN. The van der Waals surface area contributed by atoms with Gasteiger partial charge in [0.25, 0.3) is 0 Å². The lowest BCUT2D eigenvalue weighted by Crippen LogP contribution is -2.16. The molecule has 19 heavy (non-hydrogen) atoms. The van der Waals surface area contributed by atoms with Gasteiger partial charge in [-0.2, -0.15) is 5.26 Å². The first kappa shape index (κ1) is 14.5. The predicted molar refractivity (Wildman–Crippen MR) is 75.2 cm³/mol. The number of hydrogen-bond donors (Lipinski definition) is 0. The van der Waals surface area contributed by atoms with Crippen LogP contribution in [-0.4, -0.2) is 0 Å². The molecule has 0 N–H and O–H groups in total. The molecule has 2 rings (SSSR count). The van der Waals surface area contributed by atoms with Crippen LogP contribution >= 0.6 is 0 Å². The largest absolute Gasteiger partial charge is 0.269 e. The molecule has 0 aliphatic carbocycles. The van der Waals surface area contributed by atoms with Crippen LogP contribution in [0.1, 0.15) is 18.1 Å². The van der Waals surface area contributed by atoms with E-state index in [9.17, 15) is 5.26 Å². The summed E-state index contributed by atoms with van der Waals surface area (Å²) in [4.78, 5) is 0. The Hall–Kier alpha value is -2.58. The van der Waals surface area contributed by atoms with Gasteiger partial charge < -0.3 is 0 Å². The smallest absolute Gasteiger partial charge is 0.140 e. The van der Waals surface area contributed by atoms with Gasteiger partial charge in [0.2, 0.25) is 0 Å². The molecule has 0 aromatic heterocycles. The summed E-state index contributed by atoms with van der Waals surface area (Å²) < 4.78 is 0. The maximum absolute atomic E-state index is 9.36. The Kier molecular flexibility index (Phi) is 4.86. The minimum Gasteiger partial charge on any atom is -0.269 e. The van der Waals surface area contributed by atoms with E-state index >= 15 is 0 Å². The normalized spacial score (nSPS) is 12.0. The van der Waals surface area contributed by atoms with E-state index in [-0.39, 0.29) is 4.70 Å².